The number of rotatable bonds is 10. The van der Waals surface area contributed by atoms with Crippen molar-refractivity contribution in [2.24, 2.45) is 0 Å². The van der Waals surface area contributed by atoms with E-state index in [-0.39, 0.29) is 34.2 Å². The van der Waals surface area contributed by atoms with E-state index in [1.54, 1.807) is 12.1 Å². The second kappa shape index (κ2) is 15.8. The van der Waals surface area contributed by atoms with E-state index < -0.39 is 77.3 Å². The van der Waals surface area contributed by atoms with Crippen LogP contribution in [-0.4, -0.2) is 85.0 Å². The zero-order chi connectivity index (χ0) is 38.5. The molecule has 5 aromatic rings. The van der Waals surface area contributed by atoms with Crippen molar-refractivity contribution in [1.82, 2.24) is 0 Å². The van der Waals surface area contributed by atoms with E-state index in [4.69, 9.17) is 23.4 Å². The summed E-state index contributed by atoms with van der Waals surface area (Å²) in [5.74, 6) is -4.04. The number of phenolic OH excluding ortho intramolecular Hbond substituents is 5. The number of esters is 2. The monoisotopic (exact) mass is 740 g/mol. The summed E-state index contributed by atoms with van der Waals surface area (Å²) in [4.78, 5) is 39.6. The van der Waals surface area contributed by atoms with Gasteiger partial charge in [0.05, 0.1) is 0 Å². The number of aliphatic hydroxyl groups excluding tert-OH is 2. The molecule has 0 bridgehead atoms. The van der Waals surface area contributed by atoms with Crippen LogP contribution in [0.1, 0.15) is 11.1 Å². The van der Waals surface area contributed by atoms with Gasteiger partial charge in [0, 0.05) is 29.8 Å². The molecule has 15 heteroatoms. The van der Waals surface area contributed by atoms with E-state index in [1.807, 2.05) is 0 Å². The molecule has 0 amide bonds. The van der Waals surface area contributed by atoms with E-state index in [1.165, 1.54) is 72.8 Å². The third-order valence-electron chi connectivity index (χ3n) is 8.18. The molecule has 1 fully saturated rings. The molecule has 1 aliphatic heterocycles. The largest absolute Gasteiger partial charge is 0.508 e. The molecule has 7 N–H and O–H groups in total. The van der Waals surface area contributed by atoms with Crippen LogP contribution < -0.4 is 10.2 Å². The van der Waals surface area contributed by atoms with E-state index in [0.29, 0.717) is 11.1 Å². The highest BCUT2D eigenvalue weighted by Crippen LogP contribution is 2.38. The average molecular weight is 741 g/mol. The quantitative estimate of drug-likeness (QED) is 0.0798. The first-order valence-corrected chi connectivity index (χ1v) is 16.2. The van der Waals surface area contributed by atoms with Gasteiger partial charge in [0.15, 0.2) is 11.9 Å². The van der Waals surface area contributed by atoms with Crippen molar-refractivity contribution in [3.05, 3.63) is 118 Å². The molecule has 1 aromatic heterocycles. The minimum absolute atomic E-state index is 0.00487. The molecule has 1 aliphatic rings. The third kappa shape index (κ3) is 8.45. The Labute approximate surface area is 305 Å². The zero-order valence-electron chi connectivity index (χ0n) is 27.9. The molecule has 54 heavy (non-hydrogen) atoms. The fourth-order valence-corrected chi connectivity index (χ4v) is 5.44. The molecule has 278 valence electrons. The maximum absolute atomic E-state index is 14.0. The Hall–Kier alpha value is -6.81. The van der Waals surface area contributed by atoms with Crippen LogP contribution in [0.2, 0.25) is 0 Å². The first-order chi connectivity index (χ1) is 25.9. The standard InChI is InChI=1S/C39H32O15/c40-23-9-1-20(2-10-23)5-15-30(45)50-19-29-33(47)35(49)38(53-31(46)16-6-21-3-11-24(41)12-4-21)39(52-29)54-37-34(48)32-27(44)17-26(43)18-28(32)51-36(37)22-7-13-25(42)14-8-22/h1-18,29,33,35,38-44,47,49H,19H2/b15-5+,16-6+/t29?,33-,35?,38?,39+/m1/s1. The molecule has 1 saturated heterocycles. The van der Waals surface area contributed by atoms with Crippen molar-refractivity contribution in [2.45, 2.75) is 30.7 Å². The number of carbonyl (C=O) groups excluding carboxylic acids is 2. The SMILES string of the molecule is O=C(/C=C/c1ccc(O)cc1)OCC1O[C@@H](Oc2c(-c3ccc(O)cc3)oc3cc(O)cc(O)c3c2=O)C(OC(=O)/C=C/c2ccc(O)cc2)C(O)[C@@H]1O. The van der Waals surface area contributed by atoms with Crippen molar-refractivity contribution in [3.8, 4) is 45.8 Å². The van der Waals surface area contributed by atoms with Crippen molar-refractivity contribution in [1.29, 1.82) is 0 Å². The second-order valence-electron chi connectivity index (χ2n) is 12.0. The minimum atomic E-state index is -1.96. The summed E-state index contributed by atoms with van der Waals surface area (Å²) in [5.41, 5.74) is -0.0115. The van der Waals surface area contributed by atoms with Gasteiger partial charge in [-0.15, -0.1) is 0 Å². The lowest BCUT2D eigenvalue weighted by atomic mass is 9.99. The summed E-state index contributed by atoms with van der Waals surface area (Å²) >= 11 is 0. The molecule has 5 atom stereocenters. The first kappa shape index (κ1) is 37.0. The number of carbonyl (C=O) groups is 2. The fraction of sp³-hybridized carbons (Fsp3) is 0.154. The van der Waals surface area contributed by atoms with Gasteiger partial charge in [0.25, 0.3) is 0 Å². The van der Waals surface area contributed by atoms with E-state index in [0.717, 1.165) is 24.3 Å². The van der Waals surface area contributed by atoms with Crippen LogP contribution in [-0.2, 0) is 23.8 Å². The summed E-state index contributed by atoms with van der Waals surface area (Å²) in [6.07, 6.45) is -4.24. The summed E-state index contributed by atoms with van der Waals surface area (Å²) in [6.45, 7) is -0.657. The van der Waals surface area contributed by atoms with Crippen molar-refractivity contribution < 1.29 is 68.7 Å². The average Bonchev–Trinajstić information content (AvgIpc) is 3.14. The van der Waals surface area contributed by atoms with Crippen LogP contribution in [0.15, 0.2) is 106 Å². The van der Waals surface area contributed by atoms with Crippen LogP contribution in [0.5, 0.6) is 34.5 Å². The van der Waals surface area contributed by atoms with Gasteiger partial charge in [-0.3, -0.25) is 4.79 Å². The fourth-order valence-electron chi connectivity index (χ4n) is 5.44. The highest BCUT2D eigenvalue weighted by molar-refractivity contribution is 5.89. The molecule has 0 radical (unpaired) electrons. The normalized spacial score (nSPS) is 19.9. The van der Waals surface area contributed by atoms with Gasteiger partial charge in [-0.2, -0.15) is 0 Å². The smallest absolute Gasteiger partial charge is 0.331 e. The Morgan fingerprint density at radius 2 is 1.26 bits per heavy atom. The molecule has 2 heterocycles. The third-order valence-corrected chi connectivity index (χ3v) is 8.18. The van der Waals surface area contributed by atoms with Gasteiger partial charge in [0.2, 0.25) is 17.5 Å². The highest BCUT2D eigenvalue weighted by atomic mass is 16.7. The van der Waals surface area contributed by atoms with Crippen molar-refractivity contribution in [2.75, 3.05) is 6.61 Å². The number of fused-ring (bicyclic) bond motifs is 1. The first-order valence-electron chi connectivity index (χ1n) is 16.2. The lowest BCUT2D eigenvalue weighted by Gasteiger charge is -2.41. The molecule has 4 aromatic carbocycles. The topological polar surface area (TPSA) is 243 Å². The summed E-state index contributed by atoms with van der Waals surface area (Å²) in [7, 11) is 0. The van der Waals surface area contributed by atoms with Crippen LogP contribution in [0, 0.1) is 0 Å². The second-order valence-corrected chi connectivity index (χ2v) is 12.0. The zero-order valence-corrected chi connectivity index (χ0v) is 27.9. The maximum atomic E-state index is 14.0. The van der Waals surface area contributed by atoms with Gasteiger partial charge in [-0.25, -0.2) is 9.59 Å². The van der Waals surface area contributed by atoms with Gasteiger partial charge in [0.1, 0.15) is 64.6 Å². The van der Waals surface area contributed by atoms with Crippen LogP contribution in [0.25, 0.3) is 34.4 Å². The number of aromatic hydroxyl groups is 5. The van der Waals surface area contributed by atoms with E-state index >= 15 is 0 Å². The van der Waals surface area contributed by atoms with Crippen LogP contribution >= 0.6 is 0 Å². The van der Waals surface area contributed by atoms with Gasteiger partial charge < -0.3 is 59.1 Å². The number of benzene rings is 4. The molecular formula is C39H32O15. The van der Waals surface area contributed by atoms with Crippen molar-refractivity contribution in [3.63, 3.8) is 0 Å². The predicted molar refractivity (Wildman–Crippen MR) is 189 cm³/mol. The number of ether oxygens (including phenoxy) is 4. The number of phenols is 5. The minimum Gasteiger partial charge on any atom is -0.508 e. The molecule has 15 nitrogen and oxygen atoms in total. The maximum Gasteiger partial charge on any atom is 0.331 e. The number of aliphatic hydroxyl groups is 2. The molecule has 0 spiro atoms. The van der Waals surface area contributed by atoms with E-state index in [2.05, 4.69) is 0 Å². The molecule has 3 unspecified atom stereocenters. The van der Waals surface area contributed by atoms with Gasteiger partial charge in [-0.1, -0.05) is 24.3 Å². The number of hydrogen-bond acceptors (Lipinski definition) is 15. The van der Waals surface area contributed by atoms with Crippen LogP contribution in [0.3, 0.4) is 0 Å². The highest BCUT2D eigenvalue weighted by Gasteiger charge is 2.49. The van der Waals surface area contributed by atoms with Gasteiger partial charge >= 0.3 is 11.9 Å². The van der Waals surface area contributed by atoms with Crippen LogP contribution in [0.4, 0.5) is 0 Å². The summed E-state index contributed by atoms with van der Waals surface area (Å²) in [5, 5.41) is 71.5. The molecule has 6 rings (SSSR count). The van der Waals surface area contributed by atoms with Crippen molar-refractivity contribution >= 4 is 35.1 Å². The Morgan fingerprint density at radius 3 is 1.85 bits per heavy atom. The number of hydrogen-bond donors (Lipinski definition) is 7. The summed E-state index contributed by atoms with van der Waals surface area (Å²) < 4.78 is 28.6. The molecular weight excluding hydrogens is 708 g/mol. The van der Waals surface area contributed by atoms with Gasteiger partial charge in [-0.05, 0) is 71.8 Å². The predicted octanol–water partition coefficient (Wildman–Crippen LogP) is 3.70. The summed E-state index contributed by atoms with van der Waals surface area (Å²) in [6, 6.07) is 19.0. The molecule has 0 saturated carbocycles. The lowest BCUT2D eigenvalue weighted by molar-refractivity contribution is -0.282. The molecule has 0 aliphatic carbocycles. The Balaban J connectivity index is 1.33. The Kier molecular flexibility index (Phi) is 10.8. The Morgan fingerprint density at radius 1 is 0.704 bits per heavy atom. The van der Waals surface area contributed by atoms with E-state index in [9.17, 15) is 50.1 Å². The Bertz CT molecular complexity index is 2260. The lowest BCUT2D eigenvalue weighted by Crippen LogP contribution is -2.61.